The first kappa shape index (κ1) is 15.3. The van der Waals surface area contributed by atoms with E-state index >= 15 is 0 Å². The highest BCUT2D eigenvalue weighted by molar-refractivity contribution is 7.89. The van der Waals surface area contributed by atoms with Crippen LogP contribution in [0.25, 0.3) is 0 Å². The Hall–Kier alpha value is -1.08. The Balaban J connectivity index is 2.02. The molecule has 0 fully saturated rings. The predicted octanol–water partition coefficient (Wildman–Crippen LogP) is 2.81. The third-order valence-electron chi connectivity index (χ3n) is 2.50. The maximum atomic E-state index is 12.0. The van der Waals surface area contributed by atoms with Crippen LogP contribution in [0, 0.1) is 6.92 Å². The maximum Gasteiger partial charge on any atom is 0.240 e. The average Bonchev–Trinajstić information content (AvgIpc) is 2.78. The van der Waals surface area contributed by atoms with E-state index < -0.39 is 10.0 Å². The highest BCUT2D eigenvalue weighted by Gasteiger charge is 2.15. The SMILES string of the molecule is Cc1cnc(CCNS(=O)(=O)c2ccc(Cl)c(Cl)c2)o1. The van der Waals surface area contributed by atoms with Gasteiger partial charge in [0.2, 0.25) is 10.0 Å². The van der Waals surface area contributed by atoms with Crippen LogP contribution < -0.4 is 4.72 Å². The predicted molar refractivity (Wildman–Crippen MR) is 76.6 cm³/mol. The summed E-state index contributed by atoms with van der Waals surface area (Å²) in [5.41, 5.74) is 0. The van der Waals surface area contributed by atoms with Gasteiger partial charge in [-0.05, 0) is 25.1 Å². The first-order chi connectivity index (χ1) is 9.38. The summed E-state index contributed by atoms with van der Waals surface area (Å²) in [7, 11) is -3.63. The number of nitrogens with zero attached hydrogens (tertiary/aromatic N) is 1. The van der Waals surface area contributed by atoms with E-state index in [1.165, 1.54) is 18.2 Å². The van der Waals surface area contributed by atoms with Gasteiger partial charge in [-0.3, -0.25) is 0 Å². The lowest BCUT2D eigenvalue weighted by Crippen LogP contribution is -2.26. The van der Waals surface area contributed by atoms with Crippen molar-refractivity contribution in [1.82, 2.24) is 9.71 Å². The number of nitrogens with one attached hydrogen (secondary N) is 1. The third kappa shape index (κ3) is 3.73. The van der Waals surface area contributed by atoms with Crippen LogP contribution in [-0.4, -0.2) is 19.9 Å². The van der Waals surface area contributed by atoms with Gasteiger partial charge in [-0.1, -0.05) is 23.2 Å². The Kier molecular flexibility index (Phi) is 4.70. The summed E-state index contributed by atoms with van der Waals surface area (Å²) in [6, 6.07) is 4.14. The molecule has 20 heavy (non-hydrogen) atoms. The molecule has 108 valence electrons. The van der Waals surface area contributed by atoms with Crippen molar-refractivity contribution in [3.8, 4) is 0 Å². The molecule has 0 aliphatic carbocycles. The number of aryl methyl sites for hydroxylation is 1. The van der Waals surface area contributed by atoms with Crippen LogP contribution in [0.15, 0.2) is 33.7 Å². The minimum Gasteiger partial charge on any atom is -0.446 e. The van der Waals surface area contributed by atoms with Crippen molar-refractivity contribution in [3.63, 3.8) is 0 Å². The molecule has 0 saturated carbocycles. The number of aromatic nitrogens is 1. The molecule has 0 bridgehead atoms. The number of hydrogen-bond donors (Lipinski definition) is 1. The quantitative estimate of drug-likeness (QED) is 0.912. The summed E-state index contributed by atoms with van der Waals surface area (Å²) >= 11 is 11.6. The minimum absolute atomic E-state index is 0.0653. The molecule has 0 unspecified atom stereocenters. The molecule has 1 aromatic carbocycles. The van der Waals surface area contributed by atoms with Gasteiger partial charge in [-0.15, -0.1) is 0 Å². The highest BCUT2D eigenvalue weighted by atomic mass is 35.5. The van der Waals surface area contributed by atoms with Crippen LogP contribution in [0.5, 0.6) is 0 Å². The minimum atomic E-state index is -3.63. The van der Waals surface area contributed by atoms with E-state index in [9.17, 15) is 8.42 Å². The van der Waals surface area contributed by atoms with E-state index in [0.29, 0.717) is 23.1 Å². The molecule has 1 heterocycles. The zero-order valence-corrected chi connectivity index (χ0v) is 12.9. The second kappa shape index (κ2) is 6.13. The van der Waals surface area contributed by atoms with Gasteiger partial charge >= 0.3 is 0 Å². The van der Waals surface area contributed by atoms with Gasteiger partial charge in [-0.2, -0.15) is 0 Å². The van der Waals surface area contributed by atoms with Crippen LogP contribution >= 0.6 is 23.2 Å². The summed E-state index contributed by atoms with van der Waals surface area (Å²) in [6.45, 7) is 1.96. The number of halogens is 2. The second-order valence-corrected chi connectivity index (χ2v) is 6.67. The summed E-state index contributed by atoms with van der Waals surface area (Å²) < 4.78 is 31.8. The lowest BCUT2D eigenvalue weighted by Gasteiger charge is -2.06. The molecule has 2 rings (SSSR count). The van der Waals surface area contributed by atoms with Crippen molar-refractivity contribution in [1.29, 1.82) is 0 Å². The molecule has 0 radical (unpaired) electrons. The smallest absolute Gasteiger partial charge is 0.240 e. The van der Waals surface area contributed by atoms with Gasteiger partial charge in [0.05, 0.1) is 21.1 Å². The molecule has 2 aromatic rings. The van der Waals surface area contributed by atoms with Gasteiger partial charge in [0.1, 0.15) is 5.76 Å². The monoisotopic (exact) mass is 334 g/mol. The first-order valence-electron chi connectivity index (χ1n) is 5.74. The number of oxazole rings is 1. The Morgan fingerprint density at radius 2 is 2.05 bits per heavy atom. The lowest BCUT2D eigenvalue weighted by atomic mass is 10.4. The Bertz CT molecular complexity index is 713. The van der Waals surface area contributed by atoms with Crippen LogP contribution in [0.3, 0.4) is 0 Å². The van der Waals surface area contributed by atoms with E-state index in [0.717, 1.165) is 0 Å². The lowest BCUT2D eigenvalue weighted by molar-refractivity contribution is 0.469. The van der Waals surface area contributed by atoms with E-state index in [1.807, 2.05) is 0 Å². The number of sulfonamides is 1. The summed E-state index contributed by atoms with van der Waals surface area (Å²) in [4.78, 5) is 4.06. The summed E-state index contributed by atoms with van der Waals surface area (Å²) in [5.74, 6) is 1.17. The number of hydrogen-bond acceptors (Lipinski definition) is 4. The topological polar surface area (TPSA) is 72.2 Å². The fourth-order valence-electron chi connectivity index (χ4n) is 1.54. The fraction of sp³-hybridized carbons (Fsp3) is 0.250. The zero-order valence-electron chi connectivity index (χ0n) is 10.6. The van der Waals surface area contributed by atoms with Crippen molar-refractivity contribution in [2.75, 3.05) is 6.54 Å². The van der Waals surface area contributed by atoms with Gasteiger partial charge < -0.3 is 4.42 Å². The maximum absolute atomic E-state index is 12.0. The van der Waals surface area contributed by atoms with E-state index in [4.69, 9.17) is 27.6 Å². The Labute approximate surface area is 127 Å². The third-order valence-corrected chi connectivity index (χ3v) is 4.70. The van der Waals surface area contributed by atoms with Crippen molar-refractivity contribution >= 4 is 33.2 Å². The van der Waals surface area contributed by atoms with Crippen molar-refractivity contribution in [2.45, 2.75) is 18.2 Å². The summed E-state index contributed by atoms with van der Waals surface area (Å²) in [5, 5.41) is 0.499. The molecule has 0 aliphatic heterocycles. The van der Waals surface area contributed by atoms with E-state index in [2.05, 4.69) is 9.71 Å². The molecular weight excluding hydrogens is 323 g/mol. The molecule has 5 nitrogen and oxygen atoms in total. The Morgan fingerprint density at radius 1 is 1.30 bits per heavy atom. The van der Waals surface area contributed by atoms with Crippen molar-refractivity contribution in [2.24, 2.45) is 0 Å². The molecule has 0 spiro atoms. The van der Waals surface area contributed by atoms with E-state index in [1.54, 1.807) is 13.1 Å². The molecule has 0 atom stereocenters. The van der Waals surface area contributed by atoms with Gasteiger partial charge in [0.15, 0.2) is 5.89 Å². The average molecular weight is 335 g/mol. The van der Waals surface area contributed by atoms with Crippen molar-refractivity contribution < 1.29 is 12.8 Å². The highest BCUT2D eigenvalue weighted by Crippen LogP contribution is 2.24. The van der Waals surface area contributed by atoms with Crippen LogP contribution in [-0.2, 0) is 16.4 Å². The second-order valence-electron chi connectivity index (χ2n) is 4.09. The van der Waals surface area contributed by atoms with Crippen LogP contribution in [0.4, 0.5) is 0 Å². The first-order valence-corrected chi connectivity index (χ1v) is 7.98. The summed E-state index contributed by atoms with van der Waals surface area (Å²) in [6.07, 6.45) is 1.96. The standard InChI is InChI=1S/C12H12Cl2N2O3S/c1-8-7-15-12(19-8)4-5-16-20(17,18)9-2-3-10(13)11(14)6-9/h2-3,6-7,16H,4-5H2,1H3. The van der Waals surface area contributed by atoms with Crippen molar-refractivity contribution in [3.05, 3.63) is 46.1 Å². The molecular formula is C12H12Cl2N2O3S. The van der Waals surface area contributed by atoms with E-state index in [-0.39, 0.29) is 16.5 Å². The van der Waals surface area contributed by atoms with Gasteiger partial charge in [0.25, 0.3) is 0 Å². The molecule has 0 amide bonds. The molecule has 0 saturated heterocycles. The van der Waals surface area contributed by atoms with Crippen LogP contribution in [0.2, 0.25) is 10.0 Å². The normalized spacial score (nSPS) is 11.8. The largest absolute Gasteiger partial charge is 0.446 e. The Morgan fingerprint density at radius 3 is 2.65 bits per heavy atom. The molecule has 1 N–H and O–H groups in total. The molecule has 8 heteroatoms. The van der Waals surface area contributed by atoms with Gasteiger partial charge in [-0.25, -0.2) is 18.1 Å². The van der Waals surface area contributed by atoms with Gasteiger partial charge in [0, 0.05) is 13.0 Å². The zero-order chi connectivity index (χ0) is 14.8. The number of rotatable bonds is 5. The molecule has 1 aromatic heterocycles. The number of benzene rings is 1. The fourth-order valence-corrected chi connectivity index (χ4v) is 2.96. The van der Waals surface area contributed by atoms with Crippen LogP contribution in [0.1, 0.15) is 11.7 Å². The molecule has 0 aliphatic rings.